The van der Waals surface area contributed by atoms with Gasteiger partial charge in [0.2, 0.25) is 0 Å². The second-order valence-corrected chi connectivity index (χ2v) is 8.83. The molecule has 0 unspecified atom stereocenters. The molecule has 0 aliphatic heterocycles. The van der Waals surface area contributed by atoms with Gasteiger partial charge in [0.05, 0.1) is 0 Å². The fraction of sp³-hybridized carbons (Fsp3) is 0.200. The number of benzene rings is 4. The zero-order valence-electron chi connectivity index (χ0n) is 19.8. The van der Waals surface area contributed by atoms with Crippen LogP contribution in [0.4, 0.5) is 11.4 Å². The number of hydrogen-bond donors (Lipinski definition) is 2. The first-order valence-electron chi connectivity index (χ1n) is 11.7. The highest BCUT2D eigenvalue weighted by atomic mass is 16.5. The summed E-state index contributed by atoms with van der Waals surface area (Å²) >= 11 is 0. The second kappa shape index (κ2) is 10.3. The number of rotatable bonds is 9. The van der Waals surface area contributed by atoms with Crippen LogP contribution in [0.3, 0.4) is 0 Å². The maximum Gasteiger partial charge on any atom is 0.127 e. The van der Waals surface area contributed by atoms with Crippen LogP contribution in [0.1, 0.15) is 44.2 Å². The van der Waals surface area contributed by atoms with Gasteiger partial charge in [-0.05, 0) is 90.3 Å². The van der Waals surface area contributed by atoms with Gasteiger partial charge in [-0.25, -0.2) is 0 Å². The van der Waals surface area contributed by atoms with Crippen molar-refractivity contribution < 1.29 is 9.47 Å². The van der Waals surface area contributed by atoms with Crippen molar-refractivity contribution in [1.82, 2.24) is 0 Å². The van der Waals surface area contributed by atoms with E-state index in [1.807, 2.05) is 72.8 Å². The largest absolute Gasteiger partial charge is 0.457 e. The fourth-order valence-corrected chi connectivity index (χ4v) is 4.11. The van der Waals surface area contributed by atoms with Crippen LogP contribution in [0.2, 0.25) is 0 Å². The van der Waals surface area contributed by atoms with E-state index < -0.39 is 0 Å². The summed E-state index contributed by atoms with van der Waals surface area (Å²) < 4.78 is 12.0. The Bertz CT molecular complexity index is 1090. The number of nitrogen functional groups attached to an aromatic ring is 2. The first kappa shape index (κ1) is 23.2. The Balaban J connectivity index is 1.54. The normalized spacial score (nSPS) is 11.2. The molecule has 0 aromatic heterocycles. The topological polar surface area (TPSA) is 70.5 Å². The van der Waals surface area contributed by atoms with E-state index >= 15 is 0 Å². The van der Waals surface area contributed by atoms with E-state index in [0.29, 0.717) is 0 Å². The first-order valence-corrected chi connectivity index (χ1v) is 11.7. The molecule has 0 saturated heterocycles. The van der Waals surface area contributed by atoms with Crippen molar-refractivity contribution in [3.63, 3.8) is 0 Å². The van der Waals surface area contributed by atoms with E-state index in [2.05, 4.69) is 38.1 Å². The Morgan fingerprint density at radius 2 is 0.882 bits per heavy atom. The summed E-state index contributed by atoms with van der Waals surface area (Å²) in [4.78, 5) is 0. The van der Waals surface area contributed by atoms with E-state index in [-0.39, 0.29) is 5.41 Å². The summed E-state index contributed by atoms with van der Waals surface area (Å²) in [5.74, 6) is 3.15. The maximum absolute atomic E-state index is 5.99. The predicted octanol–water partition coefficient (Wildman–Crippen LogP) is 7.93. The molecule has 4 aromatic rings. The number of nitrogens with two attached hydrogens (primary N) is 2. The standard InChI is InChI=1S/C30H32N2O2/c1-3-4-21-30(2,22-5-13-26(14-6-22)33-28-17-9-24(31)10-18-28)23-7-15-27(16-8-23)34-29-19-11-25(32)12-20-29/h5-20H,3-4,21,31-32H2,1-2H3. The molecule has 0 atom stereocenters. The van der Waals surface area contributed by atoms with Crippen molar-refractivity contribution in [2.24, 2.45) is 0 Å². The Hall–Kier alpha value is -3.92. The Morgan fingerprint density at radius 1 is 0.559 bits per heavy atom. The number of anilines is 2. The van der Waals surface area contributed by atoms with Crippen molar-refractivity contribution in [3.8, 4) is 23.0 Å². The molecule has 4 nitrogen and oxygen atoms in total. The number of unbranched alkanes of at least 4 members (excludes halogenated alkanes) is 1. The monoisotopic (exact) mass is 452 g/mol. The summed E-state index contributed by atoms with van der Waals surface area (Å²) in [6.45, 7) is 4.54. The molecule has 4 aromatic carbocycles. The third-order valence-electron chi connectivity index (χ3n) is 6.24. The van der Waals surface area contributed by atoms with Crippen LogP contribution in [-0.2, 0) is 5.41 Å². The summed E-state index contributed by atoms with van der Waals surface area (Å²) in [7, 11) is 0. The molecule has 0 radical (unpaired) electrons. The number of hydrogen-bond acceptors (Lipinski definition) is 4. The quantitative estimate of drug-likeness (QED) is 0.253. The van der Waals surface area contributed by atoms with E-state index in [1.54, 1.807) is 0 Å². The second-order valence-electron chi connectivity index (χ2n) is 8.83. The lowest BCUT2D eigenvalue weighted by atomic mass is 9.73. The van der Waals surface area contributed by atoms with Crippen molar-refractivity contribution in [1.29, 1.82) is 0 Å². The molecule has 174 valence electrons. The highest BCUT2D eigenvalue weighted by Gasteiger charge is 2.28. The van der Waals surface area contributed by atoms with Gasteiger partial charge < -0.3 is 20.9 Å². The van der Waals surface area contributed by atoms with Crippen LogP contribution in [0.5, 0.6) is 23.0 Å². The molecule has 34 heavy (non-hydrogen) atoms. The molecule has 0 bridgehead atoms. The molecule has 0 spiro atoms. The highest BCUT2D eigenvalue weighted by molar-refractivity contribution is 5.47. The van der Waals surface area contributed by atoms with E-state index in [0.717, 1.165) is 53.6 Å². The van der Waals surface area contributed by atoms with Gasteiger partial charge in [0.25, 0.3) is 0 Å². The van der Waals surface area contributed by atoms with Crippen LogP contribution >= 0.6 is 0 Å². The maximum atomic E-state index is 5.99. The Kier molecular flexibility index (Phi) is 7.07. The average molecular weight is 453 g/mol. The lowest BCUT2D eigenvalue weighted by Gasteiger charge is -2.31. The van der Waals surface area contributed by atoms with Crippen LogP contribution in [0, 0.1) is 0 Å². The minimum Gasteiger partial charge on any atom is -0.457 e. The van der Waals surface area contributed by atoms with Crippen molar-refractivity contribution in [2.45, 2.75) is 38.5 Å². The molecule has 0 saturated carbocycles. The molecule has 0 fully saturated rings. The lowest BCUT2D eigenvalue weighted by molar-refractivity contribution is 0.473. The lowest BCUT2D eigenvalue weighted by Crippen LogP contribution is -2.23. The van der Waals surface area contributed by atoms with Crippen LogP contribution < -0.4 is 20.9 Å². The highest BCUT2D eigenvalue weighted by Crippen LogP contribution is 2.39. The van der Waals surface area contributed by atoms with Crippen molar-refractivity contribution in [3.05, 3.63) is 108 Å². The fourth-order valence-electron chi connectivity index (χ4n) is 4.11. The predicted molar refractivity (Wildman–Crippen MR) is 141 cm³/mol. The van der Waals surface area contributed by atoms with E-state index in [4.69, 9.17) is 20.9 Å². The number of ether oxygens (including phenoxy) is 2. The van der Waals surface area contributed by atoms with Gasteiger partial charge in [0.1, 0.15) is 23.0 Å². The Labute approximate surface area is 202 Å². The molecule has 0 heterocycles. The summed E-state index contributed by atoms with van der Waals surface area (Å²) in [5, 5.41) is 0. The minimum atomic E-state index is -0.116. The summed E-state index contributed by atoms with van der Waals surface area (Å²) in [6.07, 6.45) is 3.34. The third-order valence-corrected chi connectivity index (χ3v) is 6.24. The molecule has 0 aliphatic rings. The van der Waals surface area contributed by atoms with Gasteiger partial charge in [0.15, 0.2) is 0 Å². The average Bonchev–Trinajstić information content (AvgIpc) is 2.86. The van der Waals surface area contributed by atoms with Crippen LogP contribution in [0.25, 0.3) is 0 Å². The molecule has 4 rings (SSSR count). The van der Waals surface area contributed by atoms with Gasteiger partial charge in [-0.15, -0.1) is 0 Å². The first-order chi connectivity index (χ1) is 16.5. The Morgan fingerprint density at radius 3 is 1.21 bits per heavy atom. The summed E-state index contributed by atoms with van der Waals surface area (Å²) in [6, 6.07) is 31.7. The molecule has 0 amide bonds. The van der Waals surface area contributed by atoms with Crippen LogP contribution in [-0.4, -0.2) is 0 Å². The molecule has 0 aliphatic carbocycles. The molecule has 4 N–H and O–H groups in total. The van der Waals surface area contributed by atoms with E-state index in [1.165, 1.54) is 11.1 Å². The van der Waals surface area contributed by atoms with Gasteiger partial charge >= 0.3 is 0 Å². The van der Waals surface area contributed by atoms with Crippen molar-refractivity contribution in [2.75, 3.05) is 11.5 Å². The summed E-state index contributed by atoms with van der Waals surface area (Å²) in [5.41, 5.74) is 15.4. The molecular weight excluding hydrogens is 420 g/mol. The smallest absolute Gasteiger partial charge is 0.127 e. The van der Waals surface area contributed by atoms with Crippen molar-refractivity contribution >= 4 is 11.4 Å². The van der Waals surface area contributed by atoms with Crippen LogP contribution in [0.15, 0.2) is 97.1 Å². The molecular formula is C30H32N2O2. The van der Waals surface area contributed by atoms with Gasteiger partial charge in [-0.3, -0.25) is 0 Å². The van der Waals surface area contributed by atoms with Gasteiger partial charge in [-0.2, -0.15) is 0 Å². The van der Waals surface area contributed by atoms with E-state index in [9.17, 15) is 0 Å². The zero-order valence-corrected chi connectivity index (χ0v) is 19.8. The molecule has 4 heteroatoms. The van der Waals surface area contributed by atoms with Gasteiger partial charge in [0, 0.05) is 16.8 Å². The SMILES string of the molecule is CCCCC(C)(c1ccc(Oc2ccc(N)cc2)cc1)c1ccc(Oc2ccc(N)cc2)cc1. The zero-order chi connectivity index (χ0) is 24.0. The minimum absolute atomic E-state index is 0.116. The third kappa shape index (κ3) is 5.52. The van der Waals surface area contributed by atoms with Gasteiger partial charge in [-0.1, -0.05) is 51.0 Å².